The first-order valence-corrected chi connectivity index (χ1v) is 41.1. The quantitative estimate of drug-likeness (QED) is 0.0840. The second kappa shape index (κ2) is 45.3. The first kappa shape index (κ1) is 90.5. The zero-order valence-electron chi connectivity index (χ0n) is 62.7. The number of nitrogens with zero attached hydrogens (tertiary/aromatic N) is 4. The number of benzene rings is 12. The van der Waals surface area contributed by atoms with Gasteiger partial charge in [-0.15, -0.1) is 0 Å². The van der Waals surface area contributed by atoms with Crippen molar-refractivity contribution in [2.75, 3.05) is 19.6 Å². The Labute approximate surface area is 721 Å². The number of carbonyl (C=O) groups is 2. The molecule has 1 aliphatic carbocycles. The van der Waals surface area contributed by atoms with Gasteiger partial charge in [0.15, 0.2) is 0 Å². The number of aromatic nitrogens is 3. The van der Waals surface area contributed by atoms with Crippen molar-refractivity contribution in [3.8, 4) is 33.8 Å². The zero-order valence-corrected chi connectivity index (χ0v) is 71.0. The van der Waals surface area contributed by atoms with Crippen LogP contribution in [-0.2, 0) is 52.8 Å². The monoisotopic (exact) mass is 1840 g/mol. The van der Waals surface area contributed by atoms with Crippen LogP contribution in [0.3, 0.4) is 0 Å². The molecule has 0 saturated carbocycles. The molecule has 0 spiro atoms. The topological polar surface area (TPSA) is 178 Å². The summed E-state index contributed by atoms with van der Waals surface area (Å²) in [5.74, 6) is -0.0431. The van der Waals surface area contributed by atoms with Crippen molar-refractivity contribution in [2.45, 2.75) is 72.8 Å². The molecule has 4 N–H and O–H groups in total. The molecule has 0 atom stereocenters. The van der Waals surface area contributed by atoms with Crippen molar-refractivity contribution in [3.63, 3.8) is 0 Å². The van der Waals surface area contributed by atoms with Crippen molar-refractivity contribution in [2.24, 2.45) is 10.7 Å². The van der Waals surface area contributed by atoms with E-state index in [2.05, 4.69) is 248 Å². The fourth-order valence-corrected chi connectivity index (χ4v) is 15.4. The fraction of sp³-hybridized carbons (Fsp3) is 0.143. The molecule has 0 bridgehead atoms. The number of rotatable bonds is 11. The Kier molecular flexibility index (Phi) is 35.6. The number of carbonyl (C=O) groups excluding carboxylic acids is 2. The standard InChI is InChI=1S/C18H17NO.C18H15N.C15H14BrNO.C15H12BrN.C15H10BrN.C8H11N.C7H4BrClO.2CH4.Mn.2O.H2/c1-18(2,20)16-10-6-5-9-15(16)17-14-8-4-3-7-13(14)11-12-19-17;1-18(2)14-8-4-3-7-13(14)17-16-12(10-11-19-17)6-5-9-15(16)18;16-14-9-5-4-8-13(14)15(18)17-11-10-12-6-2-1-3-7-12;2*16-14-8-4-3-7-13(14)15-12-6-2-1-5-11(12)9-10-17-15;9-7-6-8-4-2-1-3-5-8;8-6-4-2-1-3-5(6)7(9)10;;;;;;/h3-12,20H,1-2H3;3-11H,1-2H3;1-9H,10-11H2,(H,17,18);1-8H,9-10H2;1-10H;1-5H,6-7,9H2;1-4H;2*1H4;;;;1H/i;;;;;;;;;;;;1+1. The Morgan fingerprint density at radius 3 is 1.43 bits per heavy atom. The molecule has 2 aliphatic rings. The molecule has 4 heterocycles. The summed E-state index contributed by atoms with van der Waals surface area (Å²) in [6, 6.07) is 106. The molecule has 0 fully saturated rings. The predicted molar refractivity (Wildman–Crippen MR) is 488 cm³/mol. The summed E-state index contributed by atoms with van der Waals surface area (Å²) < 4.78 is 20.5. The van der Waals surface area contributed by atoms with E-state index in [0.29, 0.717) is 17.7 Å². The van der Waals surface area contributed by atoms with Crippen molar-refractivity contribution < 1.29 is 38.6 Å². The third kappa shape index (κ3) is 24.5. The summed E-state index contributed by atoms with van der Waals surface area (Å²) in [4.78, 5) is 40.9. The molecule has 1 aliphatic heterocycles. The van der Waals surface area contributed by atoms with Crippen LogP contribution in [-0.4, -0.2) is 56.6 Å². The first-order chi connectivity index (χ1) is 54.8. The molecular formula is C98H93Br4ClMnN6O5. The van der Waals surface area contributed by atoms with Crippen LogP contribution in [0.4, 0.5) is 0 Å². The maximum atomic E-state index is 11.9. The summed E-state index contributed by atoms with van der Waals surface area (Å²) in [6.07, 6.45) is 8.47. The SMILES string of the molecule is Brc1ccccc1-c1nccc2ccccc12.Brc1ccccc1C1=NCCc2ccccc21.C.C.CC(C)(O)c1ccccc1-c1nccc2ccccc12.CC1(C)c2ccccc2-c2nccc3cccc1c23.NCCc1ccccc1.O=C(Cl)c1ccccc1Br.O=C(NCCc1ccccc1)c1ccccc1Br.[2HH].[O]=[Mn]=[O]. The Balaban J connectivity index is 0.000000188. The van der Waals surface area contributed by atoms with Crippen LogP contribution in [0.15, 0.2) is 357 Å². The summed E-state index contributed by atoms with van der Waals surface area (Å²) in [5, 5.41) is 20.1. The zero-order chi connectivity index (χ0) is 80.1. The van der Waals surface area contributed by atoms with Gasteiger partial charge in [-0.3, -0.25) is 29.5 Å². The third-order valence-corrected chi connectivity index (χ3v) is 21.7. The van der Waals surface area contributed by atoms with Crippen molar-refractivity contribution in [3.05, 3.63) is 408 Å². The second-order valence-electron chi connectivity index (χ2n) is 27.0. The number of fused-ring (bicyclic) bond motifs is 5. The number of nitrogens with two attached hydrogens (primary N) is 1. The summed E-state index contributed by atoms with van der Waals surface area (Å²) in [5.41, 5.74) is 23.3. The number of hydrogen-bond acceptors (Lipinski definition) is 10. The van der Waals surface area contributed by atoms with E-state index < -0.39 is 25.7 Å². The van der Waals surface area contributed by atoms with Gasteiger partial charge in [-0.1, -0.05) is 337 Å². The van der Waals surface area contributed by atoms with E-state index in [0.717, 1.165) is 100 Å². The molecule has 3 aromatic heterocycles. The molecule has 115 heavy (non-hydrogen) atoms. The second-order valence-corrected chi connectivity index (χ2v) is 31.0. The molecule has 11 nitrogen and oxygen atoms in total. The van der Waals surface area contributed by atoms with E-state index in [9.17, 15) is 14.7 Å². The Bertz CT molecular complexity index is 5780. The van der Waals surface area contributed by atoms with Crippen molar-refractivity contribution in [1.29, 1.82) is 0 Å². The number of halogens is 5. The first-order valence-electron chi connectivity index (χ1n) is 36.6. The predicted octanol–water partition coefficient (Wildman–Crippen LogP) is 25.9. The normalized spacial score (nSPS) is 11.5. The number of aliphatic imine (C=N–C) groups is 1. The average Bonchev–Trinajstić information content (AvgIpc) is 0.722. The molecule has 0 unspecified atom stereocenters. The van der Waals surface area contributed by atoms with Crippen LogP contribution in [0, 0.1) is 0 Å². The van der Waals surface area contributed by atoms with E-state index in [1.54, 1.807) is 32.0 Å². The molecule has 15 aromatic rings. The van der Waals surface area contributed by atoms with Crippen LogP contribution in [0.25, 0.3) is 66.1 Å². The van der Waals surface area contributed by atoms with Crippen LogP contribution in [0.5, 0.6) is 0 Å². The third-order valence-electron chi connectivity index (χ3n) is 18.7. The molecule has 587 valence electrons. The van der Waals surface area contributed by atoms with E-state index >= 15 is 0 Å². The van der Waals surface area contributed by atoms with Gasteiger partial charge in [0.25, 0.3) is 11.1 Å². The van der Waals surface area contributed by atoms with Gasteiger partial charge in [0.05, 0.1) is 34.0 Å². The van der Waals surface area contributed by atoms with Crippen LogP contribution < -0.4 is 11.1 Å². The summed E-state index contributed by atoms with van der Waals surface area (Å²) in [6.45, 7) is 10.5. The van der Waals surface area contributed by atoms with Gasteiger partial charge in [0.2, 0.25) is 0 Å². The molecule has 0 radical (unpaired) electrons. The molecular weight excluding hydrogens is 1750 g/mol. The summed E-state index contributed by atoms with van der Waals surface area (Å²) in [7, 11) is 0. The van der Waals surface area contributed by atoms with Crippen LogP contribution >= 0.6 is 75.3 Å². The van der Waals surface area contributed by atoms with Crippen LogP contribution in [0.1, 0.15) is 109 Å². The van der Waals surface area contributed by atoms with Gasteiger partial charge in [0, 0.05) is 106 Å². The van der Waals surface area contributed by atoms with Crippen molar-refractivity contribution in [1.82, 2.24) is 20.3 Å². The van der Waals surface area contributed by atoms with E-state index in [4.69, 9.17) is 25.0 Å². The van der Waals surface area contributed by atoms with Gasteiger partial charge in [-0.2, -0.15) is 0 Å². The fourth-order valence-electron chi connectivity index (χ4n) is 13.2. The number of hydrogen-bond donors (Lipinski definition) is 3. The number of nitrogens with one attached hydrogen (secondary N) is 1. The molecule has 1 amide bonds. The molecule has 0 saturated heterocycles. The Hall–Kier alpha value is -10.1. The average molecular weight is 1850 g/mol. The minimum atomic E-state index is -1.44. The van der Waals surface area contributed by atoms with Gasteiger partial charge >= 0.3 is 22.5 Å². The van der Waals surface area contributed by atoms with Gasteiger partial charge < -0.3 is 16.2 Å². The Morgan fingerprint density at radius 1 is 0.470 bits per heavy atom. The molecule has 17 rings (SSSR count). The Morgan fingerprint density at radius 2 is 0.887 bits per heavy atom. The minimum absolute atomic E-state index is 0. The number of aliphatic hydroxyl groups is 1. The van der Waals surface area contributed by atoms with E-state index in [1.807, 2.05) is 170 Å². The van der Waals surface area contributed by atoms with E-state index in [-0.39, 0.29) is 27.6 Å². The number of pyridine rings is 3. The maximum absolute atomic E-state index is 11.9. The van der Waals surface area contributed by atoms with Gasteiger partial charge in [-0.25, -0.2) is 0 Å². The number of amides is 1. The van der Waals surface area contributed by atoms with Gasteiger partial charge in [-0.05, 0) is 171 Å². The molecule has 17 heteroatoms. The van der Waals surface area contributed by atoms with Gasteiger partial charge in [0.1, 0.15) is 0 Å². The van der Waals surface area contributed by atoms with E-state index in [1.165, 1.54) is 66.1 Å². The summed E-state index contributed by atoms with van der Waals surface area (Å²) >= 11 is 17.5. The van der Waals surface area contributed by atoms with Crippen molar-refractivity contribution >= 4 is 124 Å². The van der Waals surface area contributed by atoms with Crippen LogP contribution in [0.2, 0.25) is 0 Å². The molecule has 12 aromatic carbocycles.